The van der Waals surface area contributed by atoms with Crippen LogP contribution in [-0.2, 0) is 14.9 Å². The van der Waals surface area contributed by atoms with E-state index in [1.165, 1.54) is 0 Å². The third kappa shape index (κ3) is 4.33. The first-order valence-corrected chi connectivity index (χ1v) is 7.39. The van der Waals surface area contributed by atoms with E-state index in [-0.39, 0.29) is 12.0 Å². The van der Waals surface area contributed by atoms with E-state index in [0.29, 0.717) is 12.8 Å². The molecule has 2 N–H and O–H groups in total. The Morgan fingerprint density at radius 3 is 2.41 bits per heavy atom. The zero-order valence-electron chi connectivity index (χ0n) is 9.82. The lowest BCUT2D eigenvalue weighted by Crippen LogP contribution is -2.58. The molecule has 0 radical (unpaired) electrons. The van der Waals surface area contributed by atoms with Crippen molar-refractivity contribution in [2.24, 2.45) is 0 Å². The number of hydrogen-bond donors (Lipinski definition) is 2. The number of rotatable bonds is 5. The summed E-state index contributed by atoms with van der Waals surface area (Å²) in [6, 6.07) is 0. The summed E-state index contributed by atoms with van der Waals surface area (Å²) in [5.41, 5.74) is -0.620. The van der Waals surface area contributed by atoms with Crippen LogP contribution in [0.25, 0.3) is 0 Å². The molecule has 0 aromatic carbocycles. The molecular weight excluding hydrogens is 268 g/mol. The van der Waals surface area contributed by atoms with Crippen LogP contribution < -0.4 is 9.44 Å². The fourth-order valence-electron chi connectivity index (χ4n) is 1.52. The van der Waals surface area contributed by atoms with Crippen molar-refractivity contribution in [1.82, 2.24) is 9.44 Å². The van der Waals surface area contributed by atoms with Crippen LogP contribution in [-0.4, -0.2) is 32.0 Å². The van der Waals surface area contributed by atoms with Crippen LogP contribution in [0.15, 0.2) is 0 Å². The molecule has 0 bridgehead atoms. The van der Waals surface area contributed by atoms with Gasteiger partial charge in [-0.3, -0.25) is 0 Å². The maximum Gasteiger partial charge on any atom is 0.422 e. The maximum absolute atomic E-state index is 11.6. The van der Waals surface area contributed by atoms with E-state index in [1.54, 1.807) is 18.6 Å². The Balaban J connectivity index is 2.54. The van der Waals surface area contributed by atoms with Gasteiger partial charge in [-0.25, -0.2) is 9.52 Å². The van der Waals surface area contributed by atoms with Gasteiger partial charge in [-0.15, -0.1) is 11.6 Å². The van der Waals surface area contributed by atoms with Crippen LogP contribution in [0.4, 0.5) is 4.79 Å². The molecule has 0 atom stereocenters. The van der Waals surface area contributed by atoms with Gasteiger partial charge in [-0.1, -0.05) is 0 Å². The van der Waals surface area contributed by atoms with Crippen molar-refractivity contribution >= 4 is 27.9 Å². The highest BCUT2D eigenvalue weighted by Gasteiger charge is 2.40. The number of amides is 1. The summed E-state index contributed by atoms with van der Waals surface area (Å²) in [4.78, 5) is 11.2. The van der Waals surface area contributed by atoms with Crippen LogP contribution in [0.3, 0.4) is 0 Å². The van der Waals surface area contributed by atoms with Crippen molar-refractivity contribution in [2.75, 3.05) is 5.88 Å². The standard InChI is InChI=1S/C9H17ClN2O4S/c1-7(2)16-8(13)11-17(14,15)12-9(6-10)4-3-5-9/h7,12H,3-6H2,1-2H3,(H,11,13). The molecule has 1 saturated carbocycles. The second-order valence-corrected chi connectivity index (χ2v) is 6.11. The van der Waals surface area contributed by atoms with Crippen molar-refractivity contribution in [3.05, 3.63) is 0 Å². The average molecular weight is 285 g/mol. The Hall–Kier alpha value is -0.530. The molecule has 0 heterocycles. The van der Waals surface area contributed by atoms with Gasteiger partial charge in [-0.05, 0) is 33.1 Å². The molecule has 0 spiro atoms. The molecule has 0 aromatic heterocycles. The monoisotopic (exact) mass is 284 g/mol. The van der Waals surface area contributed by atoms with E-state index < -0.39 is 21.8 Å². The lowest BCUT2D eigenvalue weighted by atomic mass is 9.79. The summed E-state index contributed by atoms with van der Waals surface area (Å²) in [5, 5.41) is 0. The summed E-state index contributed by atoms with van der Waals surface area (Å²) < 4.78 is 32.1. The number of ether oxygens (including phenoxy) is 1. The molecule has 0 aromatic rings. The van der Waals surface area contributed by atoms with Crippen LogP contribution in [0.2, 0.25) is 0 Å². The van der Waals surface area contributed by atoms with E-state index in [9.17, 15) is 13.2 Å². The fourth-order valence-corrected chi connectivity index (χ4v) is 3.10. The SMILES string of the molecule is CC(C)OC(=O)NS(=O)(=O)NC1(CCl)CCC1. The smallest absolute Gasteiger partial charge is 0.422 e. The minimum Gasteiger partial charge on any atom is -0.446 e. The second kappa shape index (κ2) is 5.41. The summed E-state index contributed by atoms with van der Waals surface area (Å²) >= 11 is 5.72. The average Bonchev–Trinajstić information content (AvgIpc) is 2.08. The highest BCUT2D eigenvalue weighted by atomic mass is 35.5. The third-order valence-corrected chi connectivity index (χ3v) is 4.13. The van der Waals surface area contributed by atoms with Crippen LogP contribution in [0.5, 0.6) is 0 Å². The Morgan fingerprint density at radius 2 is 2.06 bits per heavy atom. The van der Waals surface area contributed by atoms with E-state index >= 15 is 0 Å². The Kier molecular flexibility index (Phi) is 4.62. The lowest BCUT2D eigenvalue weighted by Gasteiger charge is -2.40. The molecule has 17 heavy (non-hydrogen) atoms. The maximum atomic E-state index is 11.6. The molecule has 0 unspecified atom stereocenters. The molecule has 1 fully saturated rings. The number of hydrogen-bond acceptors (Lipinski definition) is 4. The normalized spacial score (nSPS) is 18.6. The Morgan fingerprint density at radius 1 is 1.47 bits per heavy atom. The first-order valence-electron chi connectivity index (χ1n) is 5.37. The number of nitrogens with one attached hydrogen (secondary N) is 2. The van der Waals surface area contributed by atoms with Gasteiger partial charge in [0.2, 0.25) is 0 Å². The van der Waals surface area contributed by atoms with Gasteiger partial charge in [0.05, 0.1) is 6.10 Å². The lowest BCUT2D eigenvalue weighted by molar-refractivity contribution is 0.121. The molecule has 6 nitrogen and oxygen atoms in total. The molecule has 1 aliphatic carbocycles. The summed E-state index contributed by atoms with van der Waals surface area (Å²) in [5.74, 6) is 0.188. The minimum atomic E-state index is -3.92. The van der Waals surface area contributed by atoms with E-state index in [1.807, 2.05) is 0 Å². The molecule has 1 amide bonds. The number of alkyl halides is 1. The Labute approximate surface area is 106 Å². The van der Waals surface area contributed by atoms with Gasteiger partial charge in [-0.2, -0.15) is 13.1 Å². The van der Waals surface area contributed by atoms with Gasteiger partial charge in [0, 0.05) is 11.4 Å². The second-order valence-electron chi connectivity index (χ2n) is 4.43. The van der Waals surface area contributed by atoms with Crippen molar-refractivity contribution < 1.29 is 17.9 Å². The predicted molar refractivity (Wildman–Crippen MR) is 64.1 cm³/mol. The summed E-state index contributed by atoms with van der Waals surface area (Å²) in [6.45, 7) is 3.26. The molecule has 1 aliphatic rings. The predicted octanol–water partition coefficient (Wildman–Crippen LogP) is 1.12. The molecule has 100 valence electrons. The highest BCUT2D eigenvalue weighted by molar-refractivity contribution is 7.88. The highest BCUT2D eigenvalue weighted by Crippen LogP contribution is 2.33. The third-order valence-electron chi connectivity index (χ3n) is 2.48. The fraction of sp³-hybridized carbons (Fsp3) is 0.889. The van der Waals surface area contributed by atoms with Gasteiger partial charge < -0.3 is 4.74 Å². The van der Waals surface area contributed by atoms with Crippen molar-refractivity contribution in [3.63, 3.8) is 0 Å². The zero-order valence-corrected chi connectivity index (χ0v) is 11.4. The first-order chi connectivity index (χ1) is 7.79. The largest absolute Gasteiger partial charge is 0.446 e. The van der Waals surface area contributed by atoms with Crippen molar-refractivity contribution in [2.45, 2.75) is 44.8 Å². The number of halogens is 1. The van der Waals surface area contributed by atoms with Gasteiger partial charge in [0.1, 0.15) is 0 Å². The topological polar surface area (TPSA) is 84.5 Å². The minimum absolute atomic E-state index is 0.188. The molecule has 0 saturated heterocycles. The summed E-state index contributed by atoms with van der Waals surface area (Å²) in [6.07, 6.45) is 0.909. The molecule has 8 heteroatoms. The quantitative estimate of drug-likeness (QED) is 0.741. The van der Waals surface area contributed by atoms with Crippen LogP contribution in [0, 0.1) is 0 Å². The summed E-state index contributed by atoms with van der Waals surface area (Å²) in [7, 11) is -3.92. The Bertz CT molecular complexity index is 373. The van der Waals surface area contributed by atoms with Gasteiger partial charge in [0.15, 0.2) is 0 Å². The first kappa shape index (κ1) is 14.5. The van der Waals surface area contributed by atoms with E-state index in [2.05, 4.69) is 9.46 Å². The van der Waals surface area contributed by atoms with Gasteiger partial charge >= 0.3 is 16.3 Å². The van der Waals surface area contributed by atoms with Crippen LogP contribution in [0.1, 0.15) is 33.1 Å². The zero-order chi connectivity index (χ0) is 13.1. The number of carbonyl (C=O) groups excluding carboxylic acids is 1. The van der Waals surface area contributed by atoms with Crippen LogP contribution >= 0.6 is 11.6 Å². The molecular formula is C9H17ClN2O4S. The molecule has 1 rings (SSSR count). The number of carbonyl (C=O) groups is 1. The van der Waals surface area contributed by atoms with E-state index in [4.69, 9.17) is 11.6 Å². The molecule has 0 aliphatic heterocycles. The van der Waals surface area contributed by atoms with Crippen molar-refractivity contribution in [1.29, 1.82) is 0 Å². The van der Waals surface area contributed by atoms with Gasteiger partial charge in [0.25, 0.3) is 0 Å². The van der Waals surface area contributed by atoms with E-state index in [0.717, 1.165) is 6.42 Å². The van der Waals surface area contributed by atoms with Crippen molar-refractivity contribution in [3.8, 4) is 0 Å².